The summed E-state index contributed by atoms with van der Waals surface area (Å²) < 4.78 is 5.22. The largest absolute Gasteiger partial charge is 0.452 e. The molecule has 2 N–H and O–H groups in total. The van der Waals surface area contributed by atoms with Gasteiger partial charge in [-0.15, -0.1) is 0 Å². The van der Waals surface area contributed by atoms with E-state index >= 15 is 0 Å². The monoisotopic (exact) mass is 379 g/mol. The van der Waals surface area contributed by atoms with E-state index in [9.17, 15) is 14.4 Å². The second-order valence-electron chi connectivity index (χ2n) is 6.56. The molecule has 0 saturated carbocycles. The van der Waals surface area contributed by atoms with E-state index in [4.69, 9.17) is 4.74 Å². The minimum atomic E-state index is -0.938. The Bertz CT molecular complexity index is 1060. The van der Waals surface area contributed by atoms with Crippen molar-refractivity contribution >= 4 is 22.6 Å². The molecule has 3 aromatic rings. The fraction of sp³-hybridized carbons (Fsp3) is 0.238. The molecule has 0 radical (unpaired) electrons. The van der Waals surface area contributed by atoms with Crippen LogP contribution in [0.1, 0.15) is 23.7 Å². The van der Waals surface area contributed by atoms with Crippen LogP contribution in [0.15, 0.2) is 53.3 Å². The summed E-state index contributed by atoms with van der Waals surface area (Å²) in [4.78, 5) is 36.2. The first kappa shape index (κ1) is 19.3. The average molecular weight is 379 g/mol. The van der Waals surface area contributed by atoms with Crippen LogP contribution in [0.4, 0.5) is 0 Å². The molecule has 0 unspecified atom stereocenters. The van der Waals surface area contributed by atoms with Crippen LogP contribution in [0.3, 0.4) is 0 Å². The van der Waals surface area contributed by atoms with Gasteiger partial charge in [-0.25, -0.2) is 5.10 Å². The molecule has 1 aromatic heterocycles. The highest BCUT2D eigenvalue weighted by Crippen LogP contribution is 2.13. The minimum absolute atomic E-state index is 0.146. The highest BCUT2D eigenvalue weighted by atomic mass is 16.5. The maximum atomic E-state index is 12.2. The number of hydrogen-bond donors (Lipinski definition) is 2. The van der Waals surface area contributed by atoms with Gasteiger partial charge in [0, 0.05) is 11.9 Å². The van der Waals surface area contributed by atoms with E-state index in [1.165, 1.54) is 6.92 Å². The van der Waals surface area contributed by atoms with Gasteiger partial charge in [0.25, 0.3) is 11.5 Å². The zero-order valence-corrected chi connectivity index (χ0v) is 15.7. The van der Waals surface area contributed by atoms with E-state index in [1.807, 2.05) is 31.2 Å². The number of ether oxygens (including phenoxy) is 1. The van der Waals surface area contributed by atoms with Crippen molar-refractivity contribution in [2.75, 3.05) is 0 Å². The van der Waals surface area contributed by atoms with E-state index < -0.39 is 12.1 Å². The van der Waals surface area contributed by atoms with Gasteiger partial charge in [-0.05, 0) is 25.5 Å². The maximum absolute atomic E-state index is 12.2. The highest BCUT2D eigenvalue weighted by molar-refractivity contribution is 5.88. The number of nitrogens with zero attached hydrogens (tertiary/aromatic N) is 1. The Morgan fingerprint density at radius 1 is 1.11 bits per heavy atom. The van der Waals surface area contributed by atoms with Crippen molar-refractivity contribution < 1.29 is 14.3 Å². The molecule has 0 aliphatic carbocycles. The van der Waals surface area contributed by atoms with Crippen LogP contribution in [-0.4, -0.2) is 28.2 Å². The molecule has 1 atom stereocenters. The van der Waals surface area contributed by atoms with Crippen molar-refractivity contribution in [3.63, 3.8) is 0 Å². The lowest BCUT2D eigenvalue weighted by molar-refractivity contribution is -0.154. The number of fused-ring (bicyclic) bond motifs is 1. The number of aryl methyl sites for hydroxylation is 1. The van der Waals surface area contributed by atoms with Crippen LogP contribution < -0.4 is 10.9 Å². The first-order valence-electron chi connectivity index (χ1n) is 8.93. The van der Waals surface area contributed by atoms with Gasteiger partial charge < -0.3 is 10.1 Å². The molecule has 0 aliphatic heterocycles. The van der Waals surface area contributed by atoms with Gasteiger partial charge in [-0.1, -0.05) is 48.0 Å². The van der Waals surface area contributed by atoms with Crippen molar-refractivity contribution in [1.29, 1.82) is 0 Å². The molecule has 0 spiro atoms. The smallest absolute Gasteiger partial charge is 0.312 e. The molecule has 0 fully saturated rings. The number of benzene rings is 2. The molecular weight excluding hydrogens is 358 g/mol. The normalized spacial score (nSPS) is 11.8. The number of rotatable bonds is 6. The number of esters is 1. The lowest BCUT2D eigenvalue weighted by Crippen LogP contribution is -2.35. The van der Waals surface area contributed by atoms with E-state index in [2.05, 4.69) is 15.5 Å². The number of aromatic amines is 1. The fourth-order valence-corrected chi connectivity index (χ4v) is 2.77. The molecule has 3 rings (SSSR count). The van der Waals surface area contributed by atoms with Crippen molar-refractivity contribution in [3.8, 4) is 0 Å². The zero-order chi connectivity index (χ0) is 20.1. The van der Waals surface area contributed by atoms with Gasteiger partial charge in [0.1, 0.15) is 0 Å². The molecule has 1 amide bonds. The van der Waals surface area contributed by atoms with Crippen molar-refractivity contribution in [3.05, 3.63) is 75.7 Å². The van der Waals surface area contributed by atoms with Crippen LogP contribution in [0, 0.1) is 6.92 Å². The fourth-order valence-electron chi connectivity index (χ4n) is 2.77. The number of H-pyrrole nitrogens is 1. The van der Waals surface area contributed by atoms with Crippen molar-refractivity contribution in [1.82, 2.24) is 15.5 Å². The average Bonchev–Trinajstić information content (AvgIpc) is 2.69. The summed E-state index contributed by atoms with van der Waals surface area (Å²) in [6.07, 6.45) is -1.08. The van der Waals surface area contributed by atoms with Crippen LogP contribution in [0.25, 0.3) is 10.8 Å². The molecule has 1 heterocycles. The summed E-state index contributed by atoms with van der Waals surface area (Å²) in [5, 5.41) is 10.1. The lowest BCUT2D eigenvalue weighted by Gasteiger charge is -2.14. The third kappa shape index (κ3) is 4.62. The standard InChI is InChI=1S/C21H21N3O4/c1-13-7-9-15(10-8-13)12-22-20(26)14(2)28-19(25)11-18-16-5-3-4-6-17(16)21(27)24-23-18/h3-10,14H,11-12H2,1-2H3,(H,22,26)(H,24,27)/t14-/m0/s1. The lowest BCUT2D eigenvalue weighted by atomic mass is 10.1. The Kier molecular flexibility index (Phi) is 5.84. The zero-order valence-electron chi connectivity index (χ0n) is 15.7. The Morgan fingerprint density at radius 3 is 2.50 bits per heavy atom. The number of carbonyl (C=O) groups excluding carboxylic acids is 2. The Labute approximate surface area is 161 Å². The second kappa shape index (κ2) is 8.47. The first-order valence-corrected chi connectivity index (χ1v) is 8.93. The number of carbonyl (C=O) groups is 2. The van der Waals surface area contributed by atoms with Gasteiger partial charge in [0.2, 0.25) is 0 Å². The summed E-state index contributed by atoms with van der Waals surface area (Å²) in [6, 6.07) is 14.7. The summed E-state index contributed by atoms with van der Waals surface area (Å²) >= 11 is 0. The predicted molar refractivity (Wildman–Crippen MR) is 105 cm³/mol. The van der Waals surface area contributed by atoms with Gasteiger partial charge >= 0.3 is 5.97 Å². The van der Waals surface area contributed by atoms with Crippen LogP contribution >= 0.6 is 0 Å². The quantitative estimate of drug-likeness (QED) is 0.638. The summed E-state index contributed by atoms with van der Waals surface area (Å²) in [6.45, 7) is 3.86. The summed E-state index contributed by atoms with van der Waals surface area (Å²) in [5.74, 6) is -0.976. The molecule has 28 heavy (non-hydrogen) atoms. The number of hydrogen-bond acceptors (Lipinski definition) is 5. The van der Waals surface area contributed by atoms with E-state index in [-0.39, 0.29) is 17.9 Å². The van der Waals surface area contributed by atoms with Crippen molar-refractivity contribution in [2.45, 2.75) is 32.9 Å². The SMILES string of the molecule is Cc1ccc(CNC(=O)[C@H](C)OC(=O)Cc2n[nH]c(=O)c3ccccc23)cc1. The molecule has 0 saturated heterocycles. The number of amides is 1. The third-order valence-electron chi connectivity index (χ3n) is 4.35. The topological polar surface area (TPSA) is 101 Å². The van der Waals surface area contributed by atoms with Crippen LogP contribution in [-0.2, 0) is 27.3 Å². The Balaban J connectivity index is 1.58. The first-order chi connectivity index (χ1) is 13.4. The molecule has 0 aliphatic rings. The molecule has 7 nitrogen and oxygen atoms in total. The van der Waals surface area contributed by atoms with E-state index in [0.717, 1.165) is 11.1 Å². The Morgan fingerprint density at radius 2 is 1.79 bits per heavy atom. The number of aromatic nitrogens is 2. The van der Waals surface area contributed by atoms with Gasteiger partial charge in [-0.2, -0.15) is 5.10 Å². The van der Waals surface area contributed by atoms with Crippen LogP contribution in [0.5, 0.6) is 0 Å². The molecular formula is C21H21N3O4. The maximum Gasteiger partial charge on any atom is 0.312 e. The molecule has 0 bridgehead atoms. The molecule has 2 aromatic carbocycles. The number of nitrogens with one attached hydrogen (secondary N) is 2. The van der Waals surface area contributed by atoms with Gasteiger partial charge in [-0.3, -0.25) is 14.4 Å². The Hall–Kier alpha value is -3.48. The molecule has 7 heteroatoms. The summed E-state index contributed by atoms with van der Waals surface area (Å²) in [7, 11) is 0. The van der Waals surface area contributed by atoms with Gasteiger partial charge in [0.05, 0.1) is 17.5 Å². The summed E-state index contributed by atoms with van der Waals surface area (Å²) in [5.41, 5.74) is 2.17. The highest BCUT2D eigenvalue weighted by Gasteiger charge is 2.19. The van der Waals surface area contributed by atoms with E-state index in [0.29, 0.717) is 23.0 Å². The predicted octanol–water partition coefficient (Wildman–Crippen LogP) is 2.02. The van der Waals surface area contributed by atoms with Crippen molar-refractivity contribution in [2.24, 2.45) is 0 Å². The third-order valence-corrected chi connectivity index (χ3v) is 4.35. The van der Waals surface area contributed by atoms with E-state index in [1.54, 1.807) is 24.3 Å². The minimum Gasteiger partial charge on any atom is -0.452 e. The van der Waals surface area contributed by atoms with Gasteiger partial charge in [0.15, 0.2) is 6.10 Å². The van der Waals surface area contributed by atoms with Crippen LogP contribution in [0.2, 0.25) is 0 Å². The second-order valence-corrected chi connectivity index (χ2v) is 6.56. The molecule has 144 valence electrons.